The Morgan fingerprint density at radius 2 is 2.08 bits per heavy atom. The Bertz CT molecular complexity index is 755. The smallest absolute Gasteiger partial charge is 0.241 e. The Hall–Kier alpha value is -1.88. The number of ether oxygens (including phenoxy) is 1. The number of thiophene rings is 1. The van der Waals surface area contributed by atoms with E-state index in [-0.39, 0.29) is 12.5 Å². The maximum atomic E-state index is 12.8. The first kappa shape index (κ1) is 20.4. The number of hydrogen-bond donors (Lipinski definition) is 0. The molecular weight excluding hydrogens is 414 g/mol. The quantitative estimate of drug-likeness (QED) is 0.589. The Kier molecular flexibility index (Phi) is 8.10. The van der Waals surface area contributed by atoms with Crippen LogP contribution in [0.2, 0.25) is 0 Å². The highest BCUT2D eigenvalue weighted by Gasteiger charge is 2.18. The van der Waals surface area contributed by atoms with Gasteiger partial charge in [0, 0.05) is 18.8 Å². The van der Waals surface area contributed by atoms with Gasteiger partial charge < -0.3 is 9.64 Å². The molecule has 0 spiro atoms. The van der Waals surface area contributed by atoms with Crippen LogP contribution in [-0.2, 0) is 11.3 Å². The third-order valence-corrected chi connectivity index (χ3v) is 5.24. The third-order valence-electron chi connectivity index (χ3n) is 3.69. The first-order valence-electron chi connectivity index (χ1n) is 8.35. The molecule has 2 rings (SSSR count). The van der Waals surface area contributed by atoms with Gasteiger partial charge in [-0.15, -0.1) is 11.3 Å². The molecule has 1 aromatic carbocycles. The molecule has 0 bridgehead atoms. The van der Waals surface area contributed by atoms with E-state index in [1.165, 1.54) is 5.56 Å². The minimum Gasteiger partial charge on any atom is -0.494 e. The molecule has 0 fully saturated rings. The van der Waals surface area contributed by atoms with Crippen LogP contribution in [0.3, 0.4) is 0 Å². The third kappa shape index (κ3) is 6.13. The van der Waals surface area contributed by atoms with Gasteiger partial charge in [0.2, 0.25) is 5.91 Å². The second-order valence-electron chi connectivity index (χ2n) is 5.81. The Morgan fingerprint density at radius 1 is 1.35 bits per heavy atom. The first-order valence-corrected chi connectivity index (χ1v) is 10.0. The van der Waals surface area contributed by atoms with Crippen LogP contribution < -0.4 is 9.64 Å². The summed E-state index contributed by atoms with van der Waals surface area (Å²) in [5.41, 5.74) is 1.95. The van der Waals surface area contributed by atoms with E-state index in [1.54, 1.807) is 16.2 Å². The number of benzene rings is 1. The first-order chi connectivity index (χ1) is 12.5. The van der Waals surface area contributed by atoms with E-state index in [2.05, 4.69) is 33.4 Å². The number of carbonyl (C=O) groups is 1. The van der Waals surface area contributed by atoms with E-state index in [9.17, 15) is 4.79 Å². The highest BCUT2D eigenvalue weighted by atomic mass is 79.9. The SMILES string of the molecule is CCOc1ccc(N(CCC#N)C(=O)CN(C)Cc2csc(Br)c2)cc1. The molecule has 0 unspecified atom stereocenters. The lowest BCUT2D eigenvalue weighted by atomic mass is 10.2. The summed E-state index contributed by atoms with van der Waals surface area (Å²) in [5, 5.41) is 11.0. The Morgan fingerprint density at radius 3 is 2.65 bits per heavy atom. The van der Waals surface area contributed by atoms with Crippen LogP contribution in [0.25, 0.3) is 0 Å². The van der Waals surface area contributed by atoms with Crippen LogP contribution in [0.4, 0.5) is 5.69 Å². The minimum absolute atomic E-state index is 0.0267. The van der Waals surface area contributed by atoms with Crippen LogP contribution in [0, 0.1) is 11.3 Å². The molecule has 0 saturated carbocycles. The van der Waals surface area contributed by atoms with Crippen molar-refractivity contribution in [2.75, 3.05) is 31.6 Å². The fourth-order valence-corrected chi connectivity index (χ4v) is 3.76. The van der Waals surface area contributed by atoms with Crippen molar-refractivity contribution < 1.29 is 9.53 Å². The van der Waals surface area contributed by atoms with Gasteiger partial charge in [0.05, 0.1) is 29.4 Å². The number of nitrogens with zero attached hydrogens (tertiary/aromatic N) is 3. The average Bonchev–Trinajstić information content (AvgIpc) is 3.01. The van der Waals surface area contributed by atoms with Crippen molar-refractivity contribution in [3.05, 3.63) is 45.1 Å². The van der Waals surface area contributed by atoms with Crippen molar-refractivity contribution in [1.82, 2.24) is 4.90 Å². The van der Waals surface area contributed by atoms with Crippen LogP contribution in [0.15, 0.2) is 39.5 Å². The lowest BCUT2D eigenvalue weighted by Crippen LogP contribution is -2.39. The molecule has 5 nitrogen and oxygen atoms in total. The topological polar surface area (TPSA) is 56.6 Å². The molecule has 0 aliphatic rings. The zero-order chi connectivity index (χ0) is 18.9. The number of likely N-dealkylation sites (N-methyl/N-ethyl adjacent to an activating group) is 1. The zero-order valence-electron chi connectivity index (χ0n) is 14.9. The van der Waals surface area contributed by atoms with E-state index in [0.717, 1.165) is 15.2 Å². The van der Waals surface area contributed by atoms with Crippen molar-refractivity contribution in [2.24, 2.45) is 0 Å². The lowest BCUT2D eigenvalue weighted by Gasteiger charge is -2.25. The molecule has 7 heteroatoms. The van der Waals surface area contributed by atoms with Crippen LogP contribution >= 0.6 is 27.3 Å². The molecular formula is C19H22BrN3O2S. The van der Waals surface area contributed by atoms with Crippen LogP contribution in [0.5, 0.6) is 5.75 Å². The van der Waals surface area contributed by atoms with Crippen molar-refractivity contribution in [3.63, 3.8) is 0 Å². The Labute approximate surface area is 166 Å². The van der Waals surface area contributed by atoms with Gasteiger partial charge in [0.25, 0.3) is 0 Å². The maximum absolute atomic E-state index is 12.8. The van der Waals surface area contributed by atoms with Crippen molar-refractivity contribution >= 4 is 38.9 Å². The number of rotatable bonds is 9. The van der Waals surface area contributed by atoms with Crippen LogP contribution in [0.1, 0.15) is 18.9 Å². The molecule has 0 aliphatic heterocycles. The van der Waals surface area contributed by atoms with Gasteiger partial charge in [0.15, 0.2) is 0 Å². The number of hydrogen-bond acceptors (Lipinski definition) is 5. The highest BCUT2D eigenvalue weighted by Crippen LogP contribution is 2.22. The second kappa shape index (κ2) is 10.3. The summed E-state index contributed by atoms with van der Waals surface area (Å²) in [6, 6.07) is 11.6. The number of anilines is 1. The largest absolute Gasteiger partial charge is 0.494 e. The average molecular weight is 436 g/mol. The van der Waals surface area contributed by atoms with Gasteiger partial charge in [-0.3, -0.25) is 9.69 Å². The van der Waals surface area contributed by atoms with E-state index in [1.807, 2.05) is 43.1 Å². The number of nitriles is 1. The molecule has 1 amide bonds. The van der Waals surface area contributed by atoms with Gasteiger partial charge in [0.1, 0.15) is 5.75 Å². The maximum Gasteiger partial charge on any atom is 0.241 e. The predicted octanol–water partition coefficient (Wildman–Crippen LogP) is 4.29. The fourth-order valence-electron chi connectivity index (χ4n) is 2.56. The molecule has 0 N–H and O–H groups in total. The lowest BCUT2D eigenvalue weighted by molar-refractivity contribution is -0.119. The van der Waals surface area contributed by atoms with E-state index in [4.69, 9.17) is 10.00 Å². The molecule has 26 heavy (non-hydrogen) atoms. The molecule has 0 radical (unpaired) electrons. The molecule has 0 saturated heterocycles. The van der Waals surface area contributed by atoms with Crippen LogP contribution in [-0.4, -0.2) is 37.6 Å². The fraction of sp³-hybridized carbons (Fsp3) is 0.368. The summed E-state index contributed by atoms with van der Waals surface area (Å²) >= 11 is 5.09. The summed E-state index contributed by atoms with van der Waals surface area (Å²) in [6.45, 7) is 3.88. The summed E-state index contributed by atoms with van der Waals surface area (Å²) in [5.74, 6) is 0.741. The summed E-state index contributed by atoms with van der Waals surface area (Å²) in [6.07, 6.45) is 0.292. The van der Waals surface area contributed by atoms with Gasteiger partial charge in [-0.2, -0.15) is 5.26 Å². The van der Waals surface area contributed by atoms with E-state index < -0.39 is 0 Å². The van der Waals surface area contributed by atoms with Gasteiger partial charge in [-0.05, 0) is 71.2 Å². The Balaban J connectivity index is 2.04. The minimum atomic E-state index is -0.0267. The number of carbonyl (C=O) groups excluding carboxylic acids is 1. The summed E-state index contributed by atoms with van der Waals surface area (Å²) < 4.78 is 6.53. The second-order valence-corrected chi connectivity index (χ2v) is 8.10. The zero-order valence-corrected chi connectivity index (χ0v) is 17.3. The molecule has 0 aliphatic carbocycles. The number of amides is 1. The number of halogens is 1. The molecule has 0 atom stereocenters. The van der Waals surface area contributed by atoms with Gasteiger partial charge >= 0.3 is 0 Å². The van der Waals surface area contributed by atoms with E-state index >= 15 is 0 Å². The molecule has 138 valence electrons. The van der Waals surface area contributed by atoms with Gasteiger partial charge in [-0.1, -0.05) is 0 Å². The van der Waals surface area contributed by atoms with Crippen molar-refractivity contribution in [1.29, 1.82) is 5.26 Å². The van der Waals surface area contributed by atoms with E-state index in [0.29, 0.717) is 26.1 Å². The summed E-state index contributed by atoms with van der Waals surface area (Å²) in [4.78, 5) is 16.4. The molecule has 2 aromatic rings. The van der Waals surface area contributed by atoms with Gasteiger partial charge in [-0.25, -0.2) is 0 Å². The molecule has 1 heterocycles. The van der Waals surface area contributed by atoms with Crippen molar-refractivity contribution in [2.45, 2.75) is 19.9 Å². The standard InChI is InChI=1S/C19H22BrN3O2S/c1-3-25-17-7-5-16(6-8-17)23(10-4-9-21)19(24)13-22(2)12-15-11-18(20)26-14-15/h5-8,11,14H,3-4,10,12-13H2,1-2H3. The highest BCUT2D eigenvalue weighted by molar-refractivity contribution is 9.11. The summed E-state index contributed by atoms with van der Waals surface area (Å²) in [7, 11) is 1.92. The molecule has 1 aromatic heterocycles. The normalized spacial score (nSPS) is 10.6. The monoisotopic (exact) mass is 435 g/mol. The van der Waals surface area contributed by atoms with Crippen molar-refractivity contribution in [3.8, 4) is 11.8 Å². The predicted molar refractivity (Wildman–Crippen MR) is 109 cm³/mol.